The van der Waals surface area contributed by atoms with Crippen LogP contribution in [0.4, 0.5) is 5.69 Å². The van der Waals surface area contributed by atoms with E-state index >= 15 is 0 Å². The molecule has 0 spiro atoms. The summed E-state index contributed by atoms with van der Waals surface area (Å²) in [4.78, 5) is 14.0. The maximum absolute atomic E-state index is 12.1. The highest BCUT2D eigenvalue weighted by molar-refractivity contribution is 7.14. The van der Waals surface area contributed by atoms with Crippen LogP contribution in [-0.2, 0) is 6.42 Å². The van der Waals surface area contributed by atoms with Crippen LogP contribution in [0, 0.1) is 13.8 Å². The molecule has 0 fully saturated rings. The molecule has 2 N–H and O–H groups in total. The molecule has 1 aromatic heterocycles. The summed E-state index contributed by atoms with van der Waals surface area (Å²) in [5, 5.41) is 12.5. The number of rotatable bonds is 3. The van der Waals surface area contributed by atoms with Crippen LogP contribution >= 0.6 is 11.3 Å². The summed E-state index contributed by atoms with van der Waals surface area (Å²) < 4.78 is 0. The lowest BCUT2D eigenvalue weighted by Crippen LogP contribution is -2.10. The highest BCUT2D eigenvalue weighted by Crippen LogP contribution is 2.27. The Bertz CT molecular complexity index is 617. The Morgan fingerprint density at radius 2 is 2.05 bits per heavy atom. The van der Waals surface area contributed by atoms with E-state index in [0.29, 0.717) is 10.6 Å². The lowest BCUT2D eigenvalue weighted by atomic mass is 10.2. The predicted octanol–water partition coefficient (Wildman–Crippen LogP) is 3.89. The van der Waals surface area contributed by atoms with Crippen molar-refractivity contribution in [3.8, 4) is 5.75 Å². The van der Waals surface area contributed by atoms with Crippen LogP contribution in [0.1, 0.15) is 32.6 Å². The monoisotopic (exact) mass is 275 g/mol. The smallest absolute Gasteiger partial charge is 0.265 e. The molecule has 2 aromatic rings. The second-order valence-corrected chi connectivity index (χ2v) is 5.68. The van der Waals surface area contributed by atoms with Gasteiger partial charge in [0.05, 0.1) is 10.6 Å². The highest BCUT2D eigenvalue weighted by Gasteiger charge is 2.13. The molecule has 0 saturated carbocycles. The fraction of sp³-hybridized carbons (Fsp3) is 0.267. The van der Waals surface area contributed by atoms with Gasteiger partial charge in [-0.1, -0.05) is 13.0 Å². The largest absolute Gasteiger partial charge is 0.506 e. The number of amides is 1. The summed E-state index contributed by atoms with van der Waals surface area (Å²) in [6.07, 6.45) is 0.930. The van der Waals surface area contributed by atoms with Crippen molar-refractivity contribution in [1.29, 1.82) is 0 Å². The first-order valence-electron chi connectivity index (χ1n) is 6.21. The van der Waals surface area contributed by atoms with E-state index in [1.165, 1.54) is 16.2 Å². The molecule has 3 nitrogen and oxygen atoms in total. The summed E-state index contributed by atoms with van der Waals surface area (Å²) in [7, 11) is 0. The number of anilines is 1. The zero-order chi connectivity index (χ0) is 14.0. The van der Waals surface area contributed by atoms with Crippen molar-refractivity contribution in [3.05, 3.63) is 45.1 Å². The van der Waals surface area contributed by atoms with Gasteiger partial charge in [0.25, 0.3) is 5.91 Å². The Hall–Kier alpha value is -1.81. The first-order chi connectivity index (χ1) is 9.01. The van der Waals surface area contributed by atoms with Crippen molar-refractivity contribution in [2.45, 2.75) is 27.2 Å². The fourth-order valence-corrected chi connectivity index (χ4v) is 2.92. The lowest BCUT2D eigenvalue weighted by Gasteiger charge is -2.06. The van der Waals surface area contributed by atoms with Crippen molar-refractivity contribution in [2.24, 2.45) is 0 Å². The molecule has 100 valence electrons. The fourth-order valence-electron chi connectivity index (χ4n) is 1.91. The molecule has 1 heterocycles. The molecule has 1 aromatic carbocycles. The summed E-state index contributed by atoms with van der Waals surface area (Å²) in [5.41, 5.74) is 2.54. The maximum Gasteiger partial charge on any atom is 0.265 e. The van der Waals surface area contributed by atoms with Gasteiger partial charge in [-0.3, -0.25) is 4.79 Å². The van der Waals surface area contributed by atoms with Crippen molar-refractivity contribution in [1.82, 2.24) is 0 Å². The van der Waals surface area contributed by atoms with Crippen LogP contribution in [0.3, 0.4) is 0 Å². The lowest BCUT2D eigenvalue weighted by molar-refractivity contribution is 0.103. The quantitative estimate of drug-likeness (QED) is 0.835. The molecule has 2 rings (SSSR count). The van der Waals surface area contributed by atoms with Crippen molar-refractivity contribution < 1.29 is 9.90 Å². The number of benzene rings is 1. The van der Waals surface area contributed by atoms with Crippen LogP contribution in [0.15, 0.2) is 24.3 Å². The maximum atomic E-state index is 12.1. The molecule has 0 aliphatic carbocycles. The van der Waals surface area contributed by atoms with E-state index in [0.717, 1.165) is 17.5 Å². The third kappa shape index (κ3) is 2.96. The Balaban J connectivity index is 2.20. The second-order valence-electron chi connectivity index (χ2n) is 4.55. The van der Waals surface area contributed by atoms with Crippen molar-refractivity contribution in [3.63, 3.8) is 0 Å². The van der Waals surface area contributed by atoms with Gasteiger partial charge in [-0.15, -0.1) is 11.3 Å². The van der Waals surface area contributed by atoms with E-state index in [2.05, 4.69) is 12.2 Å². The van der Waals surface area contributed by atoms with Crippen LogP contribution in [0.25, 0.3) is 0 Å². The van der Waals surface area contributed by atoms with Gasteiger partial charge in [0, 0.05) is 4.88 Å². The average molecular weight is 275 g/mol. The third-order valence-corrected chi connectivity index (χ3v) is 4.35. The zero-order valence-corrected chi connectivity index (χ0v) is 12.1. The Kier molecular flexibility index (Phi) is 3.90. The van der Waals surface area contributed by atoms with Crippen LogP contribution in [0.2, 0.25) is 0 Å². The average Bonchev–Trinajstić information content (AvgIpc) is 2.74. The first kappa shape index (κ1) is 13.6. The summed E-state index contributed by atoms with van der Waals surface area (Å²) in [5.74, 6) is -0.0794. The first-order valence-corrected chi connectivity index (χ1v) is 7.03. The minimum absolute atomic E-state index is 0.0948. The number of hydrogen-bond donors (Lipinski definition) is 2. The SMILES string of the molecule is CCc1sc(C(=O)Nc2ccc(C)cc2O)cc1C. The van der Waals surface area contributed by atoms with E-state index in [-0.39, 0.29) is 11.7 Å². The number of thiophene rings is 1. The molecule has 4 heteroatoms. The Morgan fingerprint density at radius 1 is 1.32 bits per heavy atom. The van der Waals surface area contributed by atoms with Gasteiger partial charge in [-0.25, -0.2) is 0 Å². The van der Waals surface area contributed by atoms with Crippen LogP contribution in [-0.4, -0.2) is 11.0 Å². The molecule has 1 amide bonds. The Morgan fingerprint density at radius 3 is 2.63 bits per heavy atom. The standard InChI is InChI=1S/C15H17NO2S/c1-4-13-10(3)8-14(19-13)15(18)16-11-6-5-9(2)7-12(11)17/h5-8,17H,4H2,1-3H3,(H,16,18). The molecule has 0 radical (unpaired) electrons. The van der Waals surface area contributed by atoms with E-state index in [9.17, 15) is 9.90 Å². The van der Waals surface area contributed by atoms with Gasteiger partial charge in [0.2, 0.25) is 0 Å². The molecular weight excluding hydrogens is 258 g/mol. The summed E-state index contributed by atoms with van der Waals surface area (Å²) >= 11 is 1.50. The van der Waals surface area contributed by atoms with Crippen LogP contribution in [0.5, 0.6) is 5.75 Å². The van der Waals surface area contributed by atoms with E-state index in [1.54, 1.807) is 12.1 Å². The number of aromatic hydroxyl groups is 1. The number of hydrogen-bond acceptors (Lipinski definition) is 3. The predicted molar refractivity (Wildman–Crippen MR) is 79.2 cm³/mol. The summed E-state index contributed by atoms with van der Waals surface area (Å²) in [6, 6.07) is 7.09. The molecule has 0 unspecified atom stereocenters. The number of carbonyl (C=O) groups excluding carboxylic acids is 1. The van der Waals surface area contributed by atoms with E-state index in [4.69, 9.17) is 0 Å². The minimum Gasteiger partial charge on any atom is -0.506 e. The number of phenols is 1. The molecule has 19 heavy (non-hydrogen) atoms. The number of carbonyl (C=O) groups is 1. The summed E-state index contributed by atoms with van der Waals surface area (Å²) in [6.45, 7) is 5.98. The third-order valence-electron chi connectivity index (χ3n) is 2.97. The number of aryl methyl sites for hydroxylation is 3. The molecule has 0 aliphatic rings. The van der Waals surface area contributed by atoms with Crippen molar-refractivity contribution >= 4 is 22.9 Å². The van der Waals surface area contributed by atoms with Crippen LogP contribution < -0.4 is 5.32 Å². The number of nitrogens with one attached hydrogen (secondary N) is 1. The highest BCUT2D eigenvalue weighted by atomic mass is 32.1. The van der Waals surface area contributed by atoms with Gasteiger partial charge in [-0.05, 0) is 49.6 Å². The zero-order valence-electron chi connectivity index (χ0n) is 11.3. The van der Waals surface area contributed by atoms with Gasteiger partial charge in [-0.2, -0.15) is 0 Å². The van der Waals surface area contributed by atoms with Gasteiger partial charge < -0.3 is 10.4 Å². The molecule has 0 bridgehead atoms. The topological polar surface area (TPSA) is 49.3 Å². The van der Waals surface area contributed by atoms with Crippen molar-refractivity contribution in [2.75, 3.05) is 5.32 Å². The van der Waals surface area contributed by atoms with Gasteiger partial charge >= 0.3 is 0 Å². The minimum atomic E-state index is -0.174. The normalized spacial score (nSPS) is 10.5. The molecular formula is C15H17NO2S. The second kappa shape index (κ2) is 5.45. The van der Waals surface area contributed by atoms with Gasteiger partial charge in [0.15, 0.2) is 0 Å². The number of phenolic OH excluding ortho intramolecular Hbond substituents is 1. The van der Waals surface area contributed by atoms with E-state index < -0.39 is 0 Å². The Labute approximate surface area is 116 Å². The van der Waals surface area contributed by atoms with Gasteiger partial charge in [0.1, 0.15) is 5.75 Å². The molecule has 0 aliphatic heterocycles. The molecule has 0 saturated heterocycles. The molecule has 0 atom stereocenters. The van der Waals surface area contributed by atoms with E-state index in [1.807, 2.05) is 26.0 Å².